The SMILES string of the molecule is O=C(NC(CBr)c1ccccc1)C1CCCCS1(=O)=O. The van der Waals surface area contributed by atoms with Gasteiger partial charge in [-0.15, -0.1) is 0 Å². The van der Waals surface area contributed by atoms with Crippen LogP contribution in [0, 0.1) is 0 Å². The number of halogens is 1. The molecular formula is C14H18BrNO3S. The molecule has 2 unspecified atom stereocenters. The van der Waals surface area contributed by atoms with Gasteiger partial charge in [0.1, 0.15) is 5.25 Å². The van der Waals surface area contributed by atoms with Crippen molar-refractivity contribution in [2.45, 2.75) is 30.6 Å². The van der Waals surface area contributed by atoms with Crippen LogP contribution in [0.5, 0.6) is 0 Å². The lowest BCUT2D eigenvalue weighted by Crippen LogP contribution is -2.44. The van der Waals surface area contributed by atoms with Crippen LogP contribution in [0.1, 0.15) is 30.9 Å². The monoisotopic (exact) mass is 359 g/mol. The van der Waals surface area contributed by atoms with Crippen molar-refractivity contribution in [2.75, 3.05) is 11.1 Å². The highest BCUT2D eigenvalue weighted by Gasteiger charge is 2.35. The van der Waals surface area contributed by atoms with Gasteiger partial charge in [0.05, 0.1) is 11.8 Å². The minimum atomic E-state index is -3.29. The Labute approximate surface area is 128 Å². The third-order valence-electron chi connectivity index (χ3n) is 3.54. The van der Waals surface area contributed by atoms with Crippen LogP contribution in [0.2, 0.25) is 0 Å². The summed E-state index contributed by atoms with van der Waals surface area (Å²) in [4.78, 5) is 12.2. The van der Waals surface area contributed by atoms with Gasteiger partial charge in [-0.2, -0.15) is 0 Å². The Morgan fingerprint density at radius 1 is 1.30 bits per heavy atom. The number of amides is 1. The number of nitrogens with one attached hydrogen (secondary N) is 1. The summed E-state index contributed by atoms with van der Waals surface area (Å²) in [6, 6.07) is 9.33. The zero-order valence-electron chi connectivity index (χ0n) is 11.1. The first-order valence-electron chi connectivity index (χ1n) is 6.67. The molecule has 0 radical (unpaired) electrons. The molecule has 0 aliphatic carbocycles. The summed E-state index contributed by atoms with van der Waals surface area (Å²) < 4.78 is 23.9. The van der Waals surface area contributed by atoms with E-state index < -0.39 is 15.1 Å². The Morgan fingerprint density at radius 2 is 2.00 bits per heavy atom. The lowest BCUT2D eigenvalue weighted by Gasteiger charge is -2.24. The maximum atomic E-state index is 12.2. The summed E-state index contributed by atoms with van der Waals surface area (Å²) in [7, 11) is -3.29. The van der Waals surface area contributed by atoms with Gasteiger partial charge in [-0.05, 0) is 18.4 Å². The van der Waals surface area contributed by atoms with Gasteiger partial charge in [0.25, 0.3) is 0 Å². The van der Waals surface area contributed by atoms with E-state index in [0.717, 1.165) is 12.0 Å². The van der Waals surface area contributed by atoms with Crippen LogP contribution < -0.4 is 5.32 Å². The number of carbonyl (C=O) groups excluding carboxylic acids is 1. The molecule has 1 fully saturated rings. The third-order valence-corrected chi connectivity index (χ3v) is 6.37. The Hall–Kier alpha value is -0.880. The van der Waals surface area contributed by atoms with Crippen LogP contribution in [0.3, 0.4) is 0 Å². The molecule has 0 aromatic heterocycles. The Bertz CT molecular complexity index is 559. The van der Waals surface area contributed by atoms with E-state index in [9.17, 15) is 13.2 Å². The zero-order chi connectivity index (χ0) is 14.6. The second kappa shape index (κ2) is 6.72. The first kappa shape index (κ1) is 15.5. The van der Waals surface area contributed by atoms with Gasteiger partial charge in [0.2, 0.25) is 5.91 Å². The summed E-state index contributed by atoms with van der Waals surface area (Å²) in [5.41, 5.74) is 0.964. The van der Waals surface area contributed by atoms with Crippen LogP contribution in [-0.4, -0.2) is 30.7 Å². The van der Waals surface area contributed by atoms with E-state index in [2.05, 4.69) is 21.2 Å². The summed E-state index contributed by atoms with van der Waals surface area (Å²) in [6.07, 6.45) is 1.88. The maximum absolute atomic E-state index is 12.2. The van der Waals surface area contributed by atoms with Crippen molar-refractivity contribution in [1.82, 2.24) is 5.32 Å². The zero-order valence-corrected chi connectivity index (χ0v) is 13.5. The number of alkyl halides is 1. The van der Waals surface area contributed by atoms with E-state index >= 15 is 0 Å². The van der Waals surface area contributed by atoms with Crippen molar-refractivity contribution in [2.24, 2.45) is 0 Å². The van der Waals surface area contributed by atoms with Crippen molar-refractivity contribution in [1.29, 1.82) is 0 Å². The summed E-state index contributed by atoms with van der Waals surface area (Å²) in [5, 5.41) is 2.51. The molecule has 2 rings (SSSR count). The molecule has 1 heterocycles. The molecule has 1 aliphatic heterocycles. The molecule has 1 saturated heterocycles. The quantitative estimate of drug-likeness (QED) is 0.838. The van der Waals surface area contributed by atoms with Crippen LogP contribution in [-0.2, 0) is 14.6 Å². The standard InChI is InChI=1S/C14H18BrNO3S/c15-10-12(11-6-2-1-3-7-11)16-14(17)13-8-4-5-9-20(13,18)19/h1-3,6-7,12-13H,4-5,8-10H2,(H,16,17). The molecule has 110 valence electrons. The van der Waals surface area contributed by atoms with E-state index in [0.29, 0.717) is 18.2 Å². The highest BCUT2D eigenvalue weighted by Crippen LogP contribution is 2.22. The van der Waals surface area contributed by atoms with Crippen molar-refractivity contribution < 1.29 is 13.2 Å². The molecule has 20 heavy (non-hydrogen) atoms. The lowest BCUT2D eigenvalue weighted by atomic mass is 10.1. The van der Waals surface area contributed by atoms with E-state index in [-0.39, 0.29) is 17.7 Å². The normalized spacial score (nSPS) is 22.9. The second-order valence-corrected chi connectivity index (χ2v) is 7.93. The third kappa shape index (κ3) is 3.61. The molecule has 1 N–H and O–H groups in total. The number of hydrogen-bond donors (Lipinski definition) is 1. The molecule has 0 spiro atoms. The average molecular weight is 360 g/mol. The first-order valence-corrected chi connectivity index (χ1v) is 9.51. The van der Waals surface area contributed by atoms with E-state index in [1.807, 2.05) is 30.3 Å². The predicted octanol–water partition coefficient (Wildman–Crippen LogP) is 2.21. The van der Waals surface area contributed by atoms with Crippen molar-refractivity contribution >= 4 is 31.7 Å². The molecule has 6 heteroatoms. The molecule has 1 amide bonds. The molecule has 0 saturated carbocycles. The molecule has 0 bridgehead atoms. The summed E-state index contributed by atoms with van der Waals surface area (Å²) >= 11 is 3.37. The van der Waals surface area contributed by atoms with Crippen LogP contribution in [0.4, 0.5) is 0 Å². The fourth-order valence-corrected chi connectivity index (χ4v) is 4.76. The van der Waals surface area contributed by atoms with Gasteiger partial charge in [-0.3, -0.25) is 4.79 Å². The van der Waals surface area contributed by atoms with Crippen molar-refractivity contribution in [3.05, 3.63) is 35.9 Å². The highest BCUT2D eigenvalue weighted by atomic mass is 79.9. The predicted molar refractivity (Wildman–Crippen MR) is 82.5 cm³/mol. The topological polar surface area (TPSA) is 63.2 Å². The van der Waals surface area contributed by atoms with Gasteiger partial charge in [-0.1, -0.05) is 52.7 Å². The van der Waals surface area contributed by atoms with Crippen molar-refractivity contribution in [3.63, 3.8) is 0 Å². The number of sulfone groups is 1. The minimum absolute atomic E-state index is 0.120. The number of hydrogen-bond acceptors (Lipinski definition) is 3. The van der Waals surface area contributed by atoms with Crippen LogP contribution >= 0.6 is 15.9 Å². The Kier molecular flexibility index (Phi) is 5.21. The van der Waals surface area contributed by atoms with Crippen LogP contribution in [0.25, 0.3) is 0 Å². The fourth-order valence-electron chi connectivity index (χ4n) is 2.41. The summed E-state index contributed by atoms with van der Waals surface area (Å²) in [5.74, 6) is -0.256. The van der Waals surface area contributed by atoms with E-state index in [1.165, 1.54) is 0 Å². The molecule has 1 aliphatic rings. The van der Waals surface area contributed by atoms with Gasteiger partial charge < -0.3 is 5.32 Å². The molecular weight excluding hydrogens is 342 g/mol. The first-order chi connectivity index (χ1) is 9.54. The molecule has 1 aromatic rings. The molecule has 2 atom stereocenters. The Morgan fingerprint density at radius 3 is 2.60 bits per heavy atom. The minimum Gasteiger partial charge on any atom is -0.347 e. The van der Waals surface area contributed by atoms with Gasteiger partial charge >= 0.3 is 0 Å². The summed E-state index contributed by atoms with van der Waals surface area (Å²) in [6.45, 7) is 0. The van der Waals surface area contributed by atoms with Crippen molar-refractivity contribution in [3.8, 4) is 0 Å². The van der Waals surface area contributed by atoms with Gasteiger partial charge in [0, 0.05) is 5.33 Å². The number of rotatable bonds is 4. The lowest BCUT2D eigenvalue weighted by molar-refractivity contribution is -0.121. The highest BCUT2D eigenvalue weighted by molar-refractivity contribution is 9.09. The van der Waals surface area contributed by atoms with E-state index in [4.69, 9.17) is 0 Å². The van der Waals surface area contributed by atoms with Gasteiger partial charge in [-0.25, -0.2) is 8.42 Å². The second-order valence-electron chi connectivity index (χ2n) is 4.98. The molecule has 1 aromatic carbocycles. The molecule has 4 nitrogen and oxygen atoms in total. The largest absolute Gasteiger partial charge is 0.347 e. The average Bonchev–Trinajstić information content (AvgIpc) is 2.45. The number of benzene rings is 1. The smallest absolute Gasteiger partial charge is 0.238 e. The number of carbonyl (C=O) groups is 1. The maximum Gasteiger partial charge on any atom is 0.238 e. The van der Waals surface area contributed by atoms with Gasteiger partial charge in [0.15, 0.2) is 9.84 Å². The van der Waals surface area contributed by atoms with Crippen LogP contribution in [0.15, 0.2) is 30.3 Å². The fraction of sp³-hybridized carbons (Fsp3) is 0.500. The Balaban J connectivity index is 2.10. The van der Waals surface area contributed by atoms with E-state index in [1.54, 1.807) is 0 Å².